The number of piperidine rings is 1. The molecule has 9 heteroatoms. The first kappa shape index (κ1) is 23.6. The zero-order chi connectivity index (χ0) is 21.9. The first-order chi connectivity index (χ1) is 13.4. The Bertz CT molecular complexity index is 862. The number of nitrogens with one attached hydrogen (secondary N) is 1. The lowest BCUT2D eigenvalue weighted by atomic mass is 9.94. The SMILES string of the molecule is CC(C)C(C)NC(=O)C1CCN(C(=O)c2ccc(Cl)c(S(=O)(=O)N(C)C)c2)CC1. The number of hydrogen-bond acceptors (Lipinski definition) is 4. The molecule has 2 rings (SSSR count). The van der Waals surface area contributed by atoms with E-state index in [1.54, 1.807) is 4.90 Å². The summed E-state index contributed by atoms with van der Waals surface area (Å²) >= 11 is 6.06. The van der Waals surface area contributed by atoms with Gasteiger partial charge in [0.05, 0.1) is 5.02 Å². The van der Waals surface area contributed by atoms with Gasteiger partial charge in [0.2, 0.25) is 15.9 Å². The summed E-state index contributed by atoms with van der Waals surface area (Å²) in [6.45, 7) is 7.00. The van der Waals surface area contributed by atoms with Crippen LogP contribution in [0.25, 0.3) is 0 Å². The number of amides is 2. The minimum Gasteiger partial charge on any atom is -0.353 e. The molecule has 162 valence electrons. The van der Waals surface area contributed by atoms with Crippen molar-refractivity contribution in [2.24, 2.45) is 11.8 Å². The molecule has 0 aliphatic carbocycles. The van der Waals surface area contributed by atoms with Crippen molar-refractivity contribution in [1.82, 2.24) is 14.5 Å². The Kier molecular flexibility index (Phi) is 7.70. The Morgan fingerprint density at radius 3 is 2.28 bits per heavy atom. The zero-order valence-corrected chi connectivity index (χ0v) is 19.2. The molecule has 0 aromatic heterocycles. The van der Waals surface area contributed by atoms with E-state index in [2.05, 4.69) is 19.2 Å². The van der Waals surface area contributed by atoms with Crippen LogP contribution in [0.5, 0.6) is 0 Å². The zero-order valence-electron chi connectivity index (χ0n) is 17.6. The molecule has 1 aromatic carbocycles. The van der Waals surface area contributed by atoms with Crippen LogP contribution in [0.3, 0.4) is 0 Å². The molecule has 0 spiro atoms. The van der Waals surface area contributed by atoms with Crippen molar-refractivity contribution in [3.8, 4) is 0 Å². The van der Waals surface area contributed by atoms with Crippen LogP contribution >= 0.6 is 11.6 Å². The van der Waals surface area contributed by atoms with Crippen LogP contribution < -0.4 is 5.32 Å². The van der Waals surface area contributed by atoms with Gasteiger partial charge in [-0.15, -0.1) is 0 Å². The van der Waals surface area contributed by atoms with E-state index < -0.39 is 10.0 Å². The number of carbonyl (C=O) groups is 2. The highest BCUT2D eigenvalue weighted by atomic mass is 35.5. The maximum atomic E-state index is 12.9. The number of halogens is 1. The molecule has 7 nitrogen and oxygen atoms in total. The molecule has 1 aliphatic heterocycles. The van der Waals surface area contributed by atoms with E-state index in [4.69, 9.17) is 11.6 Å². The quantitative estimate of drug-likeness (QED) is 0.732. The van der Waals surface area contributed by atoms with Crippen LogP contribution in [0, 0.1) is 11.8 Å². The molecule has 1 aromatic rings. The van der Waals surface area contributed by atoms with Gasteiger partial charge in [-0.05, 0) is 43.9 Å². The highest BCUT2D eigenvalue weighted by Gasteiger charge is 2.30. The fraction of sp³-hybridized carbons (Fsp3) is 0.600. The van der Waals surface area contributed by atoms with Gasteiger partial charge >= 0.3 is 0 Å². The van der Waals surface area contributed by atoms with E-state index in [1.165, 1.54) is 32.3 Å². The second kappa shape index (κ2) is 9.45. The van der Waals surface area contributed by atoms with Gasteiger partial charge in [-0.3, -0.25) is 9.59 Å². The Morgan fingerprint density at radius 1 is 1.17 bits per heavy atom. The normalized spacial score (nSPS) is 16.9. The van der Waals surface area contributed by atoms with Crippen LogP contribution in [-0.2, 0) is 14.8 Å². The van der Waals surface area contributed by atoms with E-state index >= 15 is 0 Å². The van der Waals surface area contributed by atoms with Gasteiger partial charge in [0, 0.05) is 44.7 Å². The summed E-state index contributed by atoms with van der Waals surface area (Å²) < 4.78 is 25.9. The molecule has 29 heavy (non-hydrogen) atoms. The first-order valence-corrected chi connectivity index (χ1v) is 11.6. The standard InChI is InChI=1S/C20H30ClN3O4S/c1-13(2)14(3)22-19(25)15-8-10-24(11-9-15)20(26)16-6-7-17(21)18(12-16)29(27,28)23(4)5/h6-7,12-15H,8-11H2,1-5H3,(H,22,25). The van der Waals surface area contributed by atoms with Gasteiger partial charge in [0.15, 0.2) is 0 Å². The van der Waals surface area contributed by atoms with E-state index in [0.717, 1.165) is 4.31 Å². The Morgan fingerprint density at radius 2 is 1.76 bits per heavy atom. The van der Waals surface area contributed by atoms with Gasteiger partial charge < -0.3 is 10.2 Å². The number of nitrogens with zero attached hydrogens (tertiary/aromatic N) is 2. The molecule has 2 amide bonds. The lowest BCUT2D eigenvalue weighted by Crippen LogP contribution is -2.45. The number of hydrogen-bond donors (Lipinski definition) is 1. The maximum Gasteiger partial charge on any atom is 0.253 e. The fourth-order valence-corrected chi connectivity index (χ4v) is 4.46. The van der Waals surface area contributed by atoms with Crippen LogP contribution in [0.4, 0.5) is 0 Å². The summed E-state index contributed by atoms with van der Waals surface area (Å²) in [6.07, 6.45) is 1.16. The molecular weight excluding hydrogens is 414 g/mol. The van der Waals surface area contributed by atoms with Gasteiger partial charge in [-0.2, -0.15) is 0 Å². The van der Waals surface area contributed by atoms with Gasteiger partial charge in [0.25, 0.3) is 5.91 Å². The van der Waals surface area contributed by atoms with E-state index in [-0.39, 0.29) is 39.3 Å². The third kappa shape index (κ3) is 5.49. The van der Waals surface area contributed by atoms with Crippen molar-refractivity contribution < 1.29 is 18.0 Å². The minimum atomic E-state index is -3.76. The second-order valence-corrected chi connectivity index (χ2v) is 10.6. The number of likely N-dealkylation sites (tertiary alicyclic amines) is 1. The summed E-state index contributed by atoms with van der Waals surface area (Å²) in [5.74, 6) is 0.0174. The predicted molar refractivity (Wildman–Crippen MR) is 113 cm³/mol. The first-order valence-electron chi connectivity index (χ1n) is 9.77. The summed E-state index contributed by atoms with van der Waals surface area (Å²) in [7, 11) is -0.930. The molecule has 1 fully saturated rings. The largest absolute Gasteiger partial charge is 0.353 e. The number of benzene rings is 1. The molecule has 0 radical (unpaired) electrons. The molecule has 0 saturated carbocycles. The Balaban J connectivity index is 2.07. The smallest absolute Gasteiger partial charge is 0.253 e. The van der Waals surface area contributed by atoms with Crippen LogP contribution in [0.15, 0.2) is 23.1 Å². The summed E-state index contributed by atoms with van der Waals surface area (Å²) in [5.41, 5.74) is 0.270. The van der Waals surface area contributed by atoms with Crippen molar-refractivity contribution >= 4 is 33.4 Å². The molecule has 1 N–H and O–H groups in total. The van der Waals surface area contributed by atoms with Crippen molar-refractivity contribution in [3.05, 3.63) is 28.8 Å². The van der Waals surface area contributed by atoms with E-state index in [1.807, 2.05) is 6.92 Å². The van der Waals surface area contributed by atoms with Crippen molar-refractivity contribution in [2.45, 2.75) is 44.6 Å². The Hall–Kier alpha value is -1.64. The highest BCUT2D eigenvalue weighted by Crippen LogP contribution is 2.26. The molecule has 1 aliphatic rings. The molecule has 1 atom stereocenters. The van der Waals surface area contributed by atoms with Gasteiger partial charge in [0.1, 0.15) is 4.90 Å². The molecule has 1 saturated heterocycles. The van der Waals surface area contributed by atoms with Crippen molar-refractivity contribution in [1.29, 1.82) is 0 Å². The van der Waals surface area contributed by atoms with Crippen molar-refractivity contribution in [3.63, 3.8) is 0 Å². The predicted octanol–water partition coefficient (Wildman–Crippen LogP) is 2.60. The number of rotatable bonds is 6. The van der Waals surface area contributed by atoms with E-state index in [9.17, 15) is 18.0 Å². The topological polar surface area (TPSA) is 86.8 Å². The minimum absolute atomic E-state index is 0.0316. The lowest BCUT2D eigenvalue weighted by Gasteiger charge is -2.32. The van der Waals surface area contributed by atoms with Crippen LogP contribution in [0.2, 0.25) is 5.02 Å². The monoisotopic (exact) mass is 443 g/mol. The van der Waals surface area contributed by atoms with Gasteiger partial charge in [-0.1, -0.05) is 25.4 Å². The third-order valence-corrected chi connectivity index (χ3v) is 7.76. The average molecular weight is 444 g/mol. The lowest BCUT2D eigenvalue weighted by molar-refractivity contribution is -0.127. The second-order valence-electron chi connectivity index (χ2n) is 8.04. The fourth-order valence-electron chi connectivity index (χ4n) is 3.07. The maximum absolute atomic E-state index is 12.9. The number of sulfonamides is 1. The summed E-state index contributed by atoms with van der Waals surface area (Å²) in [5, 5.41) is 3.11. The highest BCUT2D eigenvalue weighted by molar-refractivity contribution is 7.89. The van der Waals surface area contributed by atoms with E-state index in [0.29, 0.717) is 31.8 Å². The molecule has 0 bridgehead atoms. The van der Waals surface area contributed by atoms with Crippen LogP contribution in [-0.4, -0.2) is 62.7 Å². The summed E-state index contributed by atoms with van der Waals surface area (Å²) in [6, 6.07) is 4.39. The molecular formula is C20H30ClN3O4S. The average Bonchev–Trinajstić information content (AvgIpc) is 2.67. The van der Waals surface area contributed by atoms with Crippen molar-refractivity contribution in [2.75, 3.05) is 27.2 Å². The summed E-state index contributed by atoms with van der Waals surface area (Å²) in [4.78, 5) is 26.9. The number of carbonyl (C=O) groups excluding carboxylic acids is 2. The Labute approximate surface area is 178 Å². The van der Waals surface area contributed by atoms with Crippen LogP contribution in [0.1, 0.15) is 44.0 Å². The molecule has 1 heterocycles. The third-order valence-electron chi connectivity index (χ3n) is 5.46. The van der Waals surface area contributed by atoms with Gasteiger partial charge in [-0.25, -0.2) is 12.7 Å². The molecule has 1 unspecified atom stereocenters.